The third kappa shape index (κ3) is 2.53. The molecule has 3 heteroatoms. The molecule has 0 aliphatic carbocycles. The molecule has 1 aromatic carbocycles. The van der Waals surface area contributed by atoms with Crippen LogP contribution in [0.1, 0.15) is 11.1 Å². The lowest BCUT2D eigenvalue weighted by atomic mass is 10.0. The highest BCUT2D eigenvalue weighted by Gasteiger charge is 2.32. The average Bonchev–Trinajstić information content (AvgIpc) is 2.14. The molecule has 0 saturated heterocycles. The molecule has 73 valence electrons. The topological polar surface area (TPSA) is 0 Å². The van der Waals surface area contributed by atoms with Crippen LogP contribution >= 0.6 is 0 Å². The summed E-state index contributed by atoms with van der Waals surface area (Å²) in [5, 5.41) is 0. The van der Waals surface area contributed by atoms with Crippen LogP contribution in [0.2, 0.25) is 0 Å². The minimum atomic E-state index is -4.31. The van der Waals surface area contributed by atoms with Crippen LogP contribution in [-0.4, -0.2) is 0 Å². The Labute approximate surface area is 80.8 Å². The highest BCUT2D eigenvalue weighted by Crippen LogP contribution is 2.31. The van der Waals surface area contributed by atoms with Gasteiger partial charge in [-0.15, -0.1) is 5.92 Å². The van der Waals surface area contributed by atoms with E-state index in [9.17, 15) is 13.2 Å². The van der Waals surface area contributed by atoms with E-state index in [1.54, 1.807) is 6.07 Å². The van der Waals surface area contributed by atoms with Crippen LogP contribution in [0.3, 0.4) is 0 Å². The van der Waals surface area contributed by atoms with Crippen molar-refractivity contribution in [3.05, 3.63) is 42.3 Å². The SMILES string of the molecule is [CH2]C#CCc1ccccc1C(F)(F)F. The van der Waals surface area contributed by atoms with Crippen molar-refractivity contribution in [2.75, 3.05) is 0 Å². The maximum absolute atomic E-state index is 12.4. The largest absolute Gasteiger partial charge is 0.416 e. The molecule has 0 bridgehead atoms. The molecule has 0 fully saturated rings. The highest BCUT2D eigenvalue weighted by molar-refractivity contribution is 5.32. The van der Waals surface area contributed by atoms with Crippen molar-refractivity contribution in [1.29, 1.82) is 0 Å². The third-order valence-corrected chi connectivity index (χ3v) is 1.73. The first-order valence-electron chi connectivity index (χ1n) is 3.95. The van der Waals surface area contributed by atoms with Crippen LogP contribution in [0.25, 0.3) is 0 Å². The number of rotatable bonds is 1. The minimum Gasteiger partial charge on any atom is -0.166 e. The van der Waals surface area contributed by atoms with Crippen molar-refractivity contribution in [3.63, 3.8) is 0 Å². The molecular formula is C11H8F3. The lowest BCUT2D eigenvalue weighted by Crippen LogP contribution is -2.08. The maximum atomic E-state index is 12.4. The van der Waals surface area contributed by atoms with Crippen molar-refractivity contribution in [2.45, 2.75) is 12.6 Å². The molecule has 0 atom stereocenters. The predicted molar refractivity (Wildman–Crippen MR) is 48.3 cm³/mol. The lowest BCUT2D eigenvalue weighted by molar-refractivity contribution is -0.138. The van der Waals surface area contributed by atoms with Crippen LogP contribution in [0.5, 0.6) is 0 Å². The van der Waals surface area contributed by atoms with E-state index in [2.05, 4.69) is 18.8 Å². The zero-order chi connectivity index (χ0) is 10.6. The summed E-state index contributed by atoms with van der Waals surface area (Å²) < 4.78 is 37.2. The van der Waals surface area contributed by atoms with Crippen LogP contribution in [0.4, 0.5) is 13.2 Å². The zero-order valence-corrected chi connectivity index (χ0v) is 7.36. The second-order valence-corrected chi connectivity index (χ2v) is 2.69. The second kappa shape index (κ2) is 4.19. The Hall–Kier alpha value is -1.43. The van der Waals surface area contributed by atoms with E-state index in [1.807, 2.05) is 0 Å². The summed E-state index contributed by atoms with van der Waals surface area (Å²) in [7, 11) is 0. The van der Waals surface area contributed by atoms with Crippen molar-refractivity contribution in [3.8, 4) is 11.8 Å². The molecule has 0 spiro atoms. The van der Waals surface area contributed by atoms with Gasteiger partial charge in [-0.25, -0.2) is 0 Å². The van der Waals surface area contributed by atoms with Crippen molar-refractivity contribution in [2.24, 2.45) is 0 Å². The molecule has 0 aromatic heterocycles. The van der Waals surface area contributed by atoms with Gasteiger partial charge in [-0.1, -0.05) is 24.1 Å². The average molecular weight is 197 g/mol. The standard InChI is InChI=1S/C11H8F3/c1-2-3-6-9-7-4-5-8-10(9)11(12,13)14/h4-5,7-8H,1,6H2. The molecule has 0 heterocycles. The third-order valence-electron chi connectivity index (χ3n) is 1.73. The van der Waals surface area contributed by atoms with Gasteiger partial charge >= 0.3 is 6.18 Å². The smallest absolute Gasteiger partial charge is 0.166 e. The Morgan fingerprint density at radius 2 is 1.86 bits per heavy atom. The molecule has 0 saturated carbocycles. The summed E-state index contributed by atoms with van der Waals surface area (Å²) in [6.45, 7) is 3.25. The summed E-state index contributed by atoms with van der Waals surface area (Å²) in [6, 6.07) is 5.41. The van der Waals surface area contributed by atoms with Gasteiger partial charge in [0.15, 0.2) is 0 Å². The molecule has 14 heavy (non-hydrogen) atoms. The van der Waals surface area contributed by atoms with Gasteiger partial charge in [0.05, 0.1) is 5.56 Å². The van der Waals surface area contributed by atoms with E-state index >= 15 is 0 Å². The monoisotopic (exact) mass is 197 g/mol. The van der Waals surface area contributed by atoms with E-state index < -0.39 is 11.7 Å². The Morgan fingerprint density at radius 1 is 1.21 bits per heavy atom. The Kier molecular flexibility index (Phi) is 3.19. The number of halogens is 3. The molecule has 1 rings (SSSR count). The summed E-state index contributed by atoms with van der Waals surface area (Å²) >= 11 is 0. The van der Waals surface area contributed by atoms with Gasteiger partial charge in [0.1, 0.15) is 0 Å². The minimum absolute atomic E-state index is 0.0825. The van der Waals surface area contributed by atoms with Gasteiger partial charge in [-0.05, 0) is 11.6 Å². The molecule has 0 nitrogen and oxygen atoms in total. The van der Waals surface area contributed by atoms with Crippen LogP contribution in [-0.2, 0) is 12.6 Å². The molecule has 0 amide bonds. The molecule has 0 N–H and O–H groups in total. The second-order valence-electron chi connectivity index (χ2n) is 2.69. The van der Waals surface area contributed by atoms with E-state index in [1.165, 1.54) is 12.1 Å². The summed E-state index contributed by atoms with van der Waals surface area (Å²) in [4.78, 5) is 0. The number of alkyl halides is 3. The number of hydrogen-bond acceptors (Lipinski definition) is 0. The fourth-order valence-corrected chi connectivity index (χ4v) is 1.11. The van der Waals surface area contributed by atoms with Crippen LogP contribution in [0, 0.1) is 18.8 Å². The number of hydrogen-bond donors (Lipinski definition) is 0. The van der Waals surface area contributed by atoms with Crippen LogP contribution < -0.4 is 0 Å². The Morgan fingerprint density at radius 3 is 2.43 bits per heavy atom. The van der Waals surface area contributed by atoms with Gasteiger partial charge in [0.25, 0.3) is 0 Å². The van der Waals surface area contributed by atoms with Gasteiger partial charge < -0.3 is 0 Å². The molecular weight excluding hydrogens is 189 g/mol. The maximum Gasteiger partial charge on any atom is 0.416 e. The normalized spacial score (nSPS) is 10.6. The van der Waals surface area contributed by atoms with E-state index in [0.717, 1.165) is 6.07 Å². The molecule has 0 aliphatic rings. The summed E-state index contributed by atoms with van der Waals surface area (Å²) in [6.07, 6.45) is -4.22. The van der Waals surface area contributed by atoms with Gasteiger partial charge in [-0.3, -0.25) is 0 Å². The Balaban J connectivity index is 3.07. The van der Waals surface area contributed by atoms with E-state index in [4.69, 9.17) is 0 Å². The van der Waals surface area contributed by atoms with Gasteiger partial charge in [0, 0.05) is 13.3 Å². The first-order chi connectivity index (χ1) is 6.55. The predicted octanol–water partition coefficient (Wildman–Crippen LogP) is 3.09. The van der Waals surface area contributed by atoms with Crippen molar-refractivity contribution >= 4 is 0 Å². The van der Waals surface area contributed by atoms with E-state index in [0.29, 0.717) is 0 Å². The fraction of sp³-hybridized carbons (Fsp3) is 0.182. The summed E-state index contributed by atoms with van der Waals surface area (Å²) in [5.74, 6) is 4.84. The van der Waals surface area contributed by atoms with Gasteiger partial charge in [0.2, 0.25) is 0 Å². The molecule has 1 aromatic rings. The quantitative estimate of drug-likeness (QED) is 0.607. The van der Waals surface area contributed by atoms with Crippen molar-refractivity contribution in [1.82, 2.24) is 0 Å². The first-order valence-corrected chi connectivity index (χ1v) is 3.95. The van der Waals surface area contributed by atoms with Crippen LogP contribution in [0.15, 0.2) is 24.3 Å². The lowest BCUT2D eigenvalue weighted by Gasteiger charge is -2.10. The highest BCUT2D eigenvalue weighted by atomic mass is 19.4. The zero-order valence-electron chi connectivity index (χ0n) is 7.36. The molecule has 1 radical (unpaired) electrons. The van der Waals surface area contributed by atoms with Crippen molar-refractivity contribution < 1.29 is 13.2 Å². The summed E-state index contributed by atoms with van der Waals surface area (Å²) in [5.41, 5.74) is -0.432. The van der Waals surface area contributed by atoms with E-state index in [-0.39, 0.29) is 12.0 Å². The first kappa shape index (κ1) is 10.6. The fourth-order valence-electron chi connectivity index (χ4n) is 1.11. The molecule has 0 aliphatic heterocycles. The Bertz CT molecular complexity index is 366. The van der Waals surface area contributed by atoms with Gasteiger partial charge in [-0.2, -0.15) is 13.2 Å². The number of benzene rings is 1. The molecule has 0 unspecified atom stereocenters.